The number of hydrogen-bond acceptors (Lipinski definition) is 4. The van der Waals surface area contributed by atoms with Crippen LogP contribution >= 0.6 is 0 Å². The number of nitrogens with two attached hydrogens (primary N) is 1. The largest absolute Gasteiger partial charge is 0.378 e. The van der Waals surface area contributed by atoms with Crippen LogP contribution in [0.15, 0.2) is 42.5 Å². The molecule has 2 aliphatic carbocycles. The van der Waals surface area contributed by atoms with Crippen LogP contribution in [0.4, 0.5) is 0 Å². The van der Waals surface area contributed by atoms with Crippen LogP contribution in [0.3, 0.4) is 0 Å². The van der Waals surface area contributed by atoms with E-state index in [1.165, 1.54) is 35.3 Å². The molecule has 1 saturated carbocycles. The van der Waals surface area contributed by atoms with E-state index in [0.29, 0.717) is 5.92 Å². The fourth-order valence-electron chi connectivity index (χ4n) is 6.43. The first-order chi connectivity index (χ1) is 16.5. The summed E-state index contributed by atoms with van der Waals surface area (Å²) in [5.41, 5.74) is 11.8. The monoisotopic (exact) mass is 458 g/mol. The summed E-state index contributed by atoms with van der Waals surface area (Å²) in [7, 11) is 1.83. The predicted octanol–water partition coefficient (Wildman–Crippen LogP) is 3.93. The smallest absolute Gasteiger partial charge is 0.225 e. The summed E-state index contributed by atoms with van der Waals surface area (Å²) >= 11 is 0. The van der Waals surface area contributed by atoms with Crippen LogP contribution in [0.2, 0.25) is 0 Å². The molecule has 6 heteroatoms. The third kappa shape index (κ3) is 3.73. The number of hydrogen-bond donors (Lipinski definition) is 1. The minimum atomic E-state index is -0.206. The summed E-state index contributed by atoms with van der Waals surface area (Å²) in [6, 6.07) is 15.2. The van der Waals surface area contributed by atoms with Gasteiger partial charge in [0.15, 0.2) is 0 Å². The zero-order chi connectivity index (χ0) is 23.4. The Morgan fingerprint density at radius 2 is 2.00 bits per heavy atom. The van der Waals surface area contributed by atoms with E-state index in [0.717, 1.165) is 43.6 Å². The molecule has 3 aliphatic rings. The highest BCUT2D eigenvalue weighted by Crippen LogP contribution is 2.44. The van der Waals surface area contributed by atoms with Crippen LogP contribution in [0.25, 0.3) is 11.0 Å². The summed E-state index contributed by atoms with van der Waals surface area (Å²) in [5.74, 6) is 1.64. The Bertz CT molecular complexity index is 1230. The maximum absolute atomic E-state index is 12.4. The topological polar surface area (TPSA) is 73.4 Å². The number of methoxy groups -OCH3 is 1. The van der Waals surface area contributed by atoms with Gasteiger partial charge in [-0.25, -0.2) is 4.98 Å². The summed E-state index contributed by atoms with van der Waals surface area (Å²) in [6.07, 6.45) is 4.48. The molecule has 2 N–H and O–H groups in total. The molecule has 6 nitrogen and oxygen atoms in total. The van der Waals surface area contributed by atoms with Crippen LogP contribution in [-0.4, -0.2) is 53.2 Å². The van der Waals surface area contributed by atoms with Crippen molar-refractivity contribution < 1.29 is 9.53 Å². The molecule has 1 aromatic heterocycles. The van der Waals surface area contributed by atoms with Gasteiger partial charge in [0.2, 0.25) is 5.91 Å². The standard InChI is InChI=1S/C28H34N4O2/c1-17-7-10-23-22(13-17)30-28(18-8-9-18)32(23)24-11-12-31(16-25(24)34-2)15-20-14-19-5-3-4-6-21(19)26(20)27(29)33/h3-7,10,13,18,20,24-26H,8-9,11-12,14-16H2,1-2H3,(H2,29,33)/t20?,24-,25-,26+/m0/s1. The number of carbonyl (C=O) groups is 1. The van der Waals surface area contributed by atoms with Gasteiger partial charge in [-0.05, 0) is 67.3 Å². The van der Waals surface area contributed by atoms with Crippen molar-refractivity contribution in [3.8, 4) is 0 Å². The number of piperidine rings is 1. The van der Waals surface area contributed by atoms with Crippen molar-refractivity contribution in [2.45, 2.75) is 56.6 Å². The van der Waals surface area contributed by atoms with Gasteiger partial charge in [-0.2, -0.15) is 0 Å². The molecule has 1 aliphatic heterocycles. The SMILES string of the molecule is CO[C@H]1CN(CC2Cc3ccccc3[C@@H]2C(N)=O)CC[C@@H]1n1c(C2CC2)nc2cc(C)ccc21. The van der Waals surface area contributed by atoms with E-state index < -0.39 is 0 Å². The van der Waals surface area contributed by atoms with Crippen molar-refractivity contribution in [1.29, 1.82) is 0 Å². The first-order valence-corrected chi connectivity index (χ1v) is 12.6. The van der Waals surface area contributed by atoms with Gasteiger partial charge >= 0.3 is 0 Å². The molecule has 3 aromatic rings. The van der Waals surface area contributed by atoms with E-state index in [1.54, 1.807) is 0 Å². The Morgan fingerprint density at radius 3 is 2.76 bits per heavy atom. The average molecular weight is 459 g/mol. The van der Waals surface area contributed by atoms with E-state index in [2.05, 4.69) is 52.8 Å². The highest BCUT2D eigenvalue weighted by atomic mass is 16.5. The molecule has 178 valence electrons. The third-order valence-electron chi connectivity index (χ3n) is 8.20. The molecule has 0 radical (unpaired) electrons. The number of benzene rings is 2. The number of aromatic nitrogens is 2. The van der Waals surface area contributed by atoms with Crippen LogP contribution in [-0.2, 0) is 16.0 Å². The summed E-state index contributed by atoms with van der Waals surface area (Å²) in [5, 5.41) is 0. The fraction of sp³-hybridized carbons (Fsp3) is 0.500. The van der Waals surface area contributed by atoms with Crippen LogP contribution in [0, 0.1) is 12.8 Å². The van der Waals surface area contributed by atoms with Crippen molar-refractivity contribution in [3.05, 3.63) is 65.0 Å². The number of rotatable bonds is 6. The van der Waals surface area contributed by atoms with Crippen molar-refractivity contribution in [2.75, 3.05) is 26.7 Å². The van der Waals surface area contributed by atoms with E-state index in [-0.39, 0.29) is 29.9 Å². The normalized spacial score (nSPS) is 27.2. The summed E-state index contributed by atoms with van der Waals surface area (Å²) in [6.45, 7) is 4.84. The molecule has 2 aromatic carbocycles. The van der Waals surface area contributed by atoms with Gasteiger partial charge in [-0.15, -0.1) is 0 Å². The van der Waals surface area contributed by atoms with Crippen LogP contribution in [0.5, 0.6) is 0 Å². The lowest BCUT2D eigenvalue weighted by molar-refractivity contribution is -0.120. The van der Waals surface area contributed by atoms with Gasteiger partial charge < -0.3 is 19.9 Å². The Hall–Kier alpha value is -2.70. The number of carbonyl (C=O) groups excluding carboxylic acids is 1. The lowest BCUT2D eigenvalue weighted by Crippen LogP contribution is -2.48. The molecule has 0 bridgehead atoms. The molecule has 0 spiro atoms. The number of primary amides is 1. The molecule has 1 saturated heterocycles. The predicted molar refractivity (Wildman–Crippen MR) is 133 cm³/mol. The molecule has 2 fully saturated rings. The zero-order valence-corrected chi connectivity index (χ0v) is 20.1. The van der Waals surface area contributed by atoms with Crippen molar-refractivity contribution in [3.63, 3.8) is 0 Å². The minimum Gasteiger partial charge on any atom is -0.378 e. The van der Waals surface area contributed by atoms with Crippen molar-refractivity contribution >= 4 is 16.9 Å². The number of imidazole rings is 1. The van der Waals surface area contributed by atoms with E-state index in [1.807, 2.05) is 13.2 Å². The maximum atomic E-state index is 12.4. The zero-order valence-electron chi connectivity index (χ0n) is 20.1. The van der Waals surface area contributed by atoms with Crippen LogP contribution < -0.4 is 5.73 Å². The number of ether oxygens (including phenoxy) is 1. The second-order valence-corrected chi connectivity index (χ2v) is 10.5. The number of amides is 1. The number of aryl methyl sites for hydroxylation is 1. The van der Waals surface area contributed by atoms with Gasteiger partial charge in [0.25, 0.3) is 0 Å². The van der Waals surface area contributed by atoms with Gasteiger partial charge in [-0.1, -0.05) is 30.3 Å². The highest BCUT2D eigenvalue weighted by Gasteiger charge is 2.40. The molecule has 2 heterocycles. The Balaban J connectivity index is 1.24. The molecule has 1 unspecified atom stereocenters. The Morgan fingerprint density at radius 1 is 1.18 bits per heavy atom. The third-order valence-corrected chi connectivity index (χ3v) is 8.20. The van der Waals surface area contributed by atoms with Crippen molar-refractivity contribution in [2.24, 2.45) is 11.7 Å². The summed E-state index contributed by atoms with van der Waals surface area (Å²) < 4.78 is 8.60. The number of nitrogens with zero attached hydrogens (tertiary/aromatic N) is 3. The Kier molecular flexibility index (Phi) is 5.46. The maximum Gasteiger partial charge on any atom is 0.225 e. The van der Waals surface area contributed by atoms with Crippen molar-refractivity contribution in [1.82, 2.24) is 14.5 Å². The minimum absolute atomic E-state index is 0.0840. The molecule has 4 atom stereocenters. The summed E-state index contributed by atoms with van der Waals surface area (Å²) in [4.78, 5) is 19.9. The first kappa shape index (κ1) is 21.8. The molecule has 6 rings (SSSR count). The molecule has 34 heavy (non-hydrogen) atoms. The number of likely N-dealkylation sites (tertiary alicyclic amines) is 1. The highest BCUT2D eigenvalue weighted by molar-refractivity contribution is 5.84. The lowest BCUT2D eigenvalue weighted by Gasteiger charge is -2.40. The van der Waals surface area contributed by atoms with E-state index in [4.69, 9.17) is 15.5 Å². The first-order valence-electron chi connectivity index (χ1n) is 12.6. The molecular formula is C28H34N4O2. The quantitative estimate of drug-likeness (QED) is 0.608. The van der Waals surface area contributed by atoms with Gasteiger partial charge in [0.1, 0.15) is 5.82 Å². The Labute approximate surface area is 201 Å². The second kappa shape index (κ2) is 8.51. The van der Waals surface area contributed by atoms with Gasteiger partial charge in [-0.3, -0.25) is 4.79 Å². The van der Waals surface area contributed by atoms with Gasteiger partial charge in [0, 0.05) is 32.7 Å². The van der Waals surface area contributed by atoms with Crippen LogP contribution in [0.1, 0.15) is 59.7 Å². The average Bonchev–Trinajstić information content (AvgIpc) is 3.51. The van der Waals surface area contributed by atoms with E-state index >= 15 is 0 Å². The lowest BCUT2D eigenvalue weighted by atomic mass is 9.90. The molecule has 1 amide bonds. The number of fused-ring (bicyclic) bond motifs is 2. The molecular weight excluding hydrogens is 424 g/mol. The van der Waals surface area contributed by atoms with E-state index in [9.17, 15) is 4.79 Å². The second-order valence-electron chi connectivity index (χ2n) is 10.5. The fourth-order valence-corrected chi connectivity index (χ4v) is 6.43. The van der Waals surface area contributed by atoms with Gasteiger partial charge in [0.05, 0.1) is 29.1 Å².